The first-order valence-electron chi connectivity index (χ1n) is 9.51. The average Bonchev–Trinajstić information content (AvgIpc) is 3.00. The van der Waals surface area contributed by atoms with E-state index in [0.717, 1.165) is 63.3 Å². The first-order chi connectivity index (χ1) is 12.7. The molecule has 1 atom stereocenters. The first-order valence-corrected chi connectivity index (χ1v) is 9.51. The van der Waals surface area contributed by atoms with Gasteiger partial charge in [-0.25, -0.2) is 4.98 Å². The number of nitrogens with one attached hydrogen (secondary N) is 1. The third-order valence-corrected chi connectivity index (χ3v) is 4.91. The zero-order valence-electron chi connectivity index (χ0n) is 15.7. The fourth-order valence-electron chi connectivity index (χ4n) is 3.45. The number of amides is 1. The summed E-state index contributed by atoms with van der Waals surface area (Å²) in [6, 6.07) is 1.83. The van der Waals surface area contributed by atoms with Crippen LogP contribution in [0.4, 0.5) is 5.82 Å². The summed E-state index contributed by atoms with van der Waals surface area (Å²) in [5.74, 6) is 1.38. The number of hydrogen-bond acceptors (Lipinski definition) is 5. The SMILES string of the molecule is CCCn1ccc(C(=O)N2CCC[C@H](Cc3cnc(NC)cn3)CC2)n1. The van der Waals surface area contributed by atoms with Crippen LogP contribution in [0.15, 0.2) is 24.7 Å². The van der Waals surface area contributed by atoms with Crippen molar-refractivity contribution in [3.63, 3.8) is 0 Å². The van der Waals surface area contributed by atoms with Crippen molar-refractivity contribution in [2.45, 2.75) is 45.6 Å². The molecule has 26 heavy (non-hydrogen) atoms. The molecular formula is C19H28N6O. The summed E-state index contributed by atoms with van der Waals surface area (Å²) in [5.41, 5.74) is 1.58. The topological polar surface area (TPSA) is 75.9 Å². The Hall–Kier alpha value is -2.44. The lowest BCUT2D eigenvalue weighted by atomic mass is 9.95. The van der Waals surface area contributed by atoms with Gasteiger partial charge in [-0.3, -0.25) is 14.5 Å². The Balaban J connectivity index is 1.55. The minimum absolute atomic E-state index is 0.0543. The van der Waals surface area contributed by atoms with Gasteiger partial charge in [0, 0.05) is 32.9 Å². The molecular weight excluding hydrogens is 328 g/mol. The molecule has 1 aliphatic heterocycles. The fourth-order valence-corrected chi connectivity index (χ4v) is 3.45. The predicted octanol–water partition coefficient (Wildman–Crippen LogP) is 2.61. The number of rotatable bonds is 6. The van der Waals surface area contributed by atoms with Crippen molar-refractivity contribution < 1.29 is 4.79 Å². The van der Waals surface area contributed by atoms with Crippen molar-refractivity contribution >= 4 is 11.7 Å². The highest BCUT2D eigenvalue weighted by atomic mass is 16.2. The quantitative estimate of drug-likeness (QED) is 0.861. The second kappa shape index (κ2) is 8.78. The third-order valence-electron chi connectivity index (χ3n) is 4.91. The molecule has 2 aromatic rings. The van der Waals surface area contributed by atoms with E-state index < -0.39 is 0 Å². The largest absolute Gasteiger partial charge is 0.372 e. The zero-order chi connectivity index (χ0) is 18.4. The first kappa shape index (κ1) is 18.4. The highest BCUT2D eigenvalue weighted by Gasteiger charge is 2.23. The van der Waals surface area contributed by atoms with Crippen LogP contribution < -0.4 is 5.32 Å². The third kappa shape index (κ3) is 4.59. The van der Waals surface area contributed by atoms with Crippen LogP contribution in [0.1, 0.15) is 48.8 Å². The number of aromatic nitrogens is 4. The Morgan fingerprint density at radius 1 is 1.27 bits per heavy atom. The summed E-state index contributed by atoms with van der Waals surface area (Å²) in [6.07, 6.45) is 10.6. The number of nitrogens with zero attached hydrogens (tertiary/aromatic N) is 5. The van der Waals surface area contributed by atoms with Crippen LogP contribution in [-0.2, 0) is 13.0 Å². The number of hydrogen-bond donors (Lipinski definition) is 1. The molecule has 0 unspecified atom stereocenters. The van der Waals surface area contributed by atoms with E-state index in [9.17, 15) is 4.79 Å². The molecule has 3 rings (SSSR count). The summed E-state index contributed by atoms with van der Waals surface area (Å²) in [7, 11) is 1.84. The standard InChI is InChI=1S/C19H28N6O/c1-3-8-25-11-7-17(23-25)19(26)24-9-4-5-15(6-10-24)12-16-13-22-18(20-2)14-21-16/h7,11,13-15H,3-6,8-10,12H2,1-2H3,(H,20,22)/t15-/m0/s1. The maximum Gasteiger partial charge on any atom is 0.274 e. The van der Waals surface area contributed by atoms with Gasteiger partial charge in [-0.2, -0.15) is 5.10 Å². The molecule has 0 aromatic carbocycles. The number of aryl methyl sites for hydroxylation is 1. The summed E-state index contributed by atoms with van der Waals surface area (Å²) < 4.78 is 1.85. The van der Waals surface area contributed by atoms with Gasteiger partial charge in [0.2, 0.25) is 0 Å². The molecule has 0 radical (unpaired) electrons. The van der Waals surface area contributed by atoms with Crippen LogP contribution in [-0.4, -0.2) is 50.7 Å². The molecule has 140 valence electrons. The van der Waals surface area contributed by atoms with E-state index >= 15 is 0 Å². The van der Waals surface area contributed by atoms with Crippen molar-refractivity contribution in [1.82, 2.24) is 24.6 Å². The van der Waals surface area contributed by atoms with Crippen LogP contribution >= 0.6 is 0 Å². The molecule has 3 heterocycles. The average molecular weight is 356 g/mol. The lowest BCUT2D eigenvalue weighted by molar-refractivity contribution is 0.0753. The monoisotopic (exact) mass is 356 g/mol. The second-order valence-electron chi connectivity index (χ2n) is 6.90. The zero-order valence-corrected chi connectivity index (χ0v) is 15.7. The molecule has 0 spiro atoms. The fraction of sp³-hybridized carbons (Fsp3) is 0.579. The van der Waals surface area contributed by atoms with Crippen molar-refractivity contribution in [3.05, 3.63) is 36.0 Å². The molecule has 0 aliphatic carbocycles. The van der Waals surface area contributed by atoms with Crippen LogP contribution in [0.5, 0.6) is 0 Å². The lowest BCUT2D eigenvalue weighted by Crippen LogP contribution is -2.32. The number of anilines is 1. The van der Waals surface area contributed by atoms with Gasteiger partial charge in [0.15, 0.2) is 0 Å². The number of carbonyl (C=O) groups is 1. The van der Waals surface area contributed by atoms with E-state index in [0.29, 0.717) is 11.6 Å². The van der Waals surface area contributed by atoms with Crippen molar-refractivity contribution in [2.24, 2.45) is 5.92 Å². The van der Waals surface area contributed by atoms with E-state index in [-0.39, 0.29) is 5.91 Å². The summed E-state index contributed by atoms with van der Waals surface area (Å²) in [5, 5.41) is 7.40. The smallest absolute Gasteiger partial charge is 0.274 e. The van der Waals surface area contributed by atoms with Gasteiger partial charge in [0.25, 0.3) is 5.91 Å². The molecule has 1 N–H and O–H groups in total. The minimum Gasteiger partial charge on any atom is -0.372 e. The molecule has 2 aromatic heterocycles. The van der Waals surface area contributed by atoms with Gasteiger partial charge in [-0.05, 0) is 44.1 Å². The molecule has 1 saturated heterocycles. The van der Waals surface area contributed by atoms with Crippen LogP contribution in [0, 0.1) is 5.92 Å². The van der Waals surface area contributed by atoms with E-state index in [2.05, 4.69) is 27.3 Å². The number of likely N-dealkylation sites (tertiary alicyclic amines) is 1. The van der Waals surface area contributed by atoms with Crippen LogP contribution in [0.25, 0.3) is 0 Å². The summed E-state index contributed by atoms with van der Waals surface area (Å²) >= 11 is 0. The Labute approximate surface area is 154 Å². The Bertz CT molecular complexity index is 711. The van der Waals surface area contributed by atoms with Crippen molar-refractivity contribution in [2.75, 3.05) is 25.5 Å². The van der Waals surface area contributed by atoms with E-state index in [1.165, 1.54) is 0 Å². The Morgan fingerprint density at radius 2 is 2.15 bits per heavy atom. The van der Waals surface area contributed by atoms with Crippen molar-refractivity contribution in [3.8, 4) is 0 Å². The van der Waals surface area contributed by atoms with Gasteiger partial charge >= 0.3 is 0 Å². The maximum absolute atomic E-state index is 12.7. The minimum atomic E-state index is 0.0543. The molecule has 0 bridgehead atoms. The van der Waals surface area contributed by atoms with E-state index in [1.54, 1.807) is 6.20 Å². The summed E-state index contributed by atoms with van der Waals surface area (Å²) in [4.78, 5) is 23.5. The Kier molecular flexibility index (Phi) is 6.20. The molecule has 1 amide bonds. The lowest BCUT2D eigenvalue weighted by Gasteiger charge is -2.19. The van der Waals surface area contributed by atoms with Crippen LogP contribution in [0.2, 0.25) is 0 Å². The molecule has 1 fully saturated rings. The molecule has 0 saturated carbocycles. The van der Waals surface area contributed by atoms with Crippen molar-refractivity contribution in [1.29, 1.82) is 0 Å². The van der Waals surface area contributed by atoms with Gasteiger partial charge in [0.1, 0.15) is 11.5 Å². The van der Waals surface area contributed by atoms with E-state index in [4.69, 9.17) is 0 Å². The molecule has 1 aliphatic rings. The van der Waals surface area contributed by atoms with E-state index in [1.807, 2.05) is 35.1 Å². The van der Waals surface area contributed by atoms with Gasteiger partial charge in [-0.1, -0.05) is 6.92 Å². The normalized spacial score (nSPS) is 17.8. The van der Waals surface area contributed by atoms with Crippen LogP contribution in [0.3, 0.4) is 0 Å². The van der Waals surface area contributed by atoms with Gasteiger partial charge < -0.3 is 10.2 Å². The predicted molar refractivity (Wildman–Crippen MR) is 101 cm³/mol. The second-order valence-corrected chi connectivity index (χ2v) is 6.90. The number of carbonyl (C=O) groups excluding carboxylic acids is 1. The summed E-state index contributed by atoms with van der Waals surface area (Å²) in [6.45, 7) is 4.55. The Morgan fingerprint density at radius 3 is 2.88 bits per heavy atom. The van der Waals surface area contributed by atoms with Gasteiger partial charge in [0.05, 0.1) is 18.1 Å². The maximum atomic E-state index is 12.7. The highest BCUT2D eigenvalue weighted by molar-refractivity contribution is 5.92. The highest BCUT2D eigenvalue weighted by Crippen LogP contribution is 2.22. The molecule has 7 heteroatoms. The van der Waals surface area contributed by atoms with Gasteiger partial charge in [-0.15, -0.1) is 0 Å². The molecule has 7 nitrogen and oxygen atoms in total.